The van der Waals surface area contributed by atoms with Crippen LogP contribution in [0.4, 0.5) is 5.69 Å². The fourth-order valence-corrected chi connectivity index (χ4v) is 1.30. The van der Waals surface area contributed by atoms with Gasteiger partial charge in [-0.05, 0) is 12.1 Å². The highest BCUT2D eigenvalue weighted by Crippen LogP contribution is 2.19. The third kappa shape index (κ3) is 1.52. The van der Waals surface area contributed by atoms with Crippen molar-refractivity contribution in [2.24, 2.45) is 5.73 Å². The van der Waals surface area contributed by atoms with Gasteiger partial charge in [0.1, 0.15) is 12.7 Å². The van der Waals surface area contributed by atoms with Crippen molar-refractivity contribution < 1.29 is 4.79 Å². The molecule has 0 saturated carbocycles. The van der Waals surface area contributed by atoms with E-state index in [-0.39, 0.29) is 5.56 Å². The van der Waals surface area contributed by atoms with Gasteiger partial charge in [0.2, 0.25) is 0 Å². The molecular formula is C9H9N5O. The quantitative estimate of drug-likeness (QED) is 0.668. The molecule has 76 valence electrons. The monoisotopic (exact) mass is 203 g/mol. The third-order valence-corrected chi connectivity index (χ3v) is 2.01. The average Bonchev–Trinajstić information content (AvgIpc) is 2.70. The van der Waals surface area contributed by atoms with Crippen molar-refractivity contribution in [3.63, 3.8) is 0 Å². The normalized spacial score (nSPS) is 10.1. The number of nitrogens with two attached hydrogens (primary N) is 2. The maximum absolute atomic E-state index is 11.0. The number of para-hydroxylation sites is 1. The molecule has 1 heterocycles. The summed E-state index contributed by atoms with van der Waals surface area (Å²) in [4.78, 5) is 14.8. The van der Waals surface area contributed by atoms with Crippen LogP contribution in [0.1, 0.15) is 10.4 Å². The van der Waals surface area contributed by atoms with E-state index in [1.165, 1.54) is 17.3 Å². The highest BCUT2D eigenvalue weighted by atomic mass is 16.1. The molecule has 1 amide bonds. The smallest absolute Gasteiger partial charge is 0.250 e. The van der Waals surface area contributed by atoms with Crippen LogP contribution in [-0.2, 0) is 0 Å². The van der Waals surface area contributed by atoms with E-state index < -0.39 is 5.91 Å². The molecule has 15 heavy (non-hydrogen) atoms. The Morgan fingerprint density at radius 1 is 1.40 bits per heavy atom. The Bertz CT molecular complexity index is 491. The first-order valence-electron chi connectivity index (χ1n) is 4.23. The van der Waals surface area contributed by atoms with Crippen molar-refractivity contribution in [1.82, 2.24) is 14.8 Å². The average molecular weight is 203 g/mol. The number of nitrogen functional groups attached to an aromatic ring is 1. The topological polar surface area (TPSA) is 99.8 Å². The molecule has 1 aromatic carbocycles. The molecular weight excluding hydrogens is 194 g/mol. The Hall–Kier alpha value is -2.37. The minimum absolute atomic E-state index is 0.281. The molecule has 0 aliphatic rings. The third-order valence-electron chi connectivity index (χ3n) is 2.01. The van der Waals surface area contributed by atoms with Gasteiger partial charge in [-0.15, -0.1) is 0 Å². The molecule has 4 N–H and O–H groups in total. The van der Waals surface area contributed by atoms with E-state index >= 15 is 0 Å². The molecule has 0 radical (unpaired) electrons. The van der Waals surface area contributed by atoms with E-state index in [0.29, 0.717) is 11.4 Å². The minimum Gasteiger partial charge on any atom is -0.396 e. The number of hydrogen-bond donors (Lipinski definition) is 2. The molecule has 0 unspecified atom stereocenters. The lowest BCUT2D eigenvalue weighted by molar-refractivity contribution is 0.100. The zero-order chi connectivity index (χ0) is 10.8. The summed E-state index contributed by atoms with van der Waals surface area (Å²) in [5, 5.41) is 3.92. The van der Waals surface area contributed by atoms with Crippen LogP contribution in [0.25, 0.3) is 5.69 Å². The van der Waals surface area contributed by atoms with Crippen LogP contribution in [0.3, 0.4) is 0 Å². The van der Waals surface area contributed by atoms with Crippen LogP contribution in [0.15, 0.2) is 30.9 Å². The molecule has 0 aliphatic carbocycles. The van der Waals surface area contributed by atoms with Gasteiger partial charge in [0.05, 0.1) is 16.9 Å². The van der Waals surface area contributed by atoms with E-state index in [1.54, 1.807) is 18.2 Å². The predicted molar refractivity (Wildman–Crippen MR) is 54.3 cm³/mol. The highest BCUT2D eigenvalue weighted by Gasteiger charge is 2.10. The number of carbonyl (C=O) groups is 1. The number of primary amides is 1. The predicted octanol–water partition coefficient (Wildman–Crippen LogP) is -0.0516. The highest BCUT2D eigenvalue weighted by molar-refractivity contribution is 5.99. The summed E-state index contributed by atoms with van der Waals surface area (Å²) >= 11 is 0. The molecule has 0 spiro atoms. The number of aromatic nitrogens is 3. The van der Waals surface area contributed by atoms with Crippen LogP contribution in [0.2, 0.25) is 0 Å². The van der Waals surface area contributed by atoms with E-state index in [4.69, 9.17) is 11.5 Å². The summed E-state index contributed by atoms with van der Waals surface area (Å²) in [5.41, 5.74) is 12.1. The fourth-order valence-electron chi connectivity index (χ4n) is 1.30. The van der Waals surface area contributed by atoms with Gasteiger partial charge in [-0.2, -0.15) is 5.10 Å². The fraction of sp³-hybridized carbons (Fsp3) is 0. The van der Waals surface area contributed by atoms with Crippen molar-refractivity contribution in [2.45, 2.75) is 0 Å². The largest absolute Gasteiger partial charge is 0.396 e. The van der Waals surface area contributed by atoms with Crippen molar-refractivity contribution in [3.05, 3.63) is 36.4 Å². The van der Waals surface area contributed by atoms with Gasteiger partial charge in [-0.1, -0.05) is 6.07 Å². The molecule has 0 atom stereocenters. The lowest BCUT2D eigenvalue weighted by Gasteiger charge is -2.07. The van der Waals surface area contributed by atoms with Gasteiger partial charge in [0, 0.05) is 0 Å². The molecule has 2 rings (SSSR count). The van der Waals surface area contributed by atoms with Crippen molar-refractivity contribution in [2.75, 3.05) is 5.73 Å². The molecule has 6 heteroatoms. The van der Waals surface area contributed by atoms with Crippen LogP contribution in [0.5, 0.6) is 0 Å². The van der Waals surface area contributed by atoms with E-state index in [9.17, 15) is 4.79 Å². The lowest BCUT2D eigenvalue weighted by Crippen LogP contribution is -2.15. The second-order valence-electron chi connectivity index (χ2n) is 2.94. The van der Waals surface area contributed by atoms with Crippen molar-refractivity contribution in [1.29, 1.82) is 0 Å². The molecule has 2 aromatic rings. The summed E-state index contributed by atoms with van der Waals surface area (Å²) in [7, 11) is 0. The molecule has 0 aliphatic heterocycles. The van der Waals surface area contributed by atoms with Gasteiger partial charge < -0.3 is 11.5 Å². The maximum Gasteiger partial charge on any atom is 0.250 e. The van der Waals surface area contributed by atoms with Gasteiger partial charge in [0.25, 0.3) is 5.91 Å². The molecule has 6 nitrogen and oxygen atoms in total. The van der Waals surface area contributed by atoms with E-state index in [0.717, 1.165) is 0 Å². The van der Waals surface area contributed by atoms with Gasteiger partial charge in [-0.3, -0.25) is 4.79 Å². The second-order valence-corrected chi connectivity index (χ2v) is 2.94. The summed E-state index contributed by atoms with van der Waals surface area (Å²) in [6.07, 6.45) is 2.88. The number of nitrogens with zero attached hydrogens (tertiary/aromatic N) is 3. The second kappa shape index (κ2) is 3.41. The molecule has 0 fully saturated rings. The summed E-state index contributed by atoms with van der Waals surface area (Å²) in [5.74, 6) is -0.561. The molecule has 0 bridgehead atoms. The van der Waals surface area contributed by atoms with E-state index in [1.807, 2.05) is 0 Å². The van der Waals surface area contributed by atoms with Crippen LogP contribution >= 0.6 is 0 Å². The summed E-state index contributed by atoms with van der Waals surface area (Å²) in [6.45, 7) is 0. The SMILES string of the molecule is NC(=O)c1cccc(-n2cncn2)c1N. The Balaban J connectivity index is 2.59. The Labute approximate surface area is 85.5 Å². The van der Waals surface area contributed by atoms with Crippen molar-refractivity contribution >= 4 is 11.6 Å². The van der Waals surface area contributed by atoms with E-state index in [2.05, 4.69) is 10.1 Å². The number of carbonyl (C=O) groups excluding carboxylic acids is 1. The lowest BCUT2D eigenvalue weighted by atomic mass is 10.1. The molecule has 1 aromatic heterocycles. The molecule has 0 saturated heterocycles. The van der Waals surface area contributed by atoms with Crippen molar-refractivity contribution in [3.8, 4) is 5.69 Å². The number of amides is 1. The Kier molecular flexibility index (Phi) is 2.09. The first-order chi connectivity index (χ1) is 7.20. The summed E-state index contributed by atoms with van der Waals surface area (Å²) in [6, 6.07) is 4.99. The van der Waals surface area contributed by atoms with Crippen LogP contribution in [0, 0.1) is 0 Å². The zero-order valence-electron chi connectivity index (χ0n) is 7.79. The van der Waals surface area contributed by atoms with Crippen LogP contribution in [-0.4, -0.2) is 20.7 Å². The van der Waals surface area contributed by atoms with Gasteiger partial charge >= 0.3 is 0 Å². The Morgan fingerprint density at radius 2 is 2.20 bits per heavy atom. The summed E-state index contributed by atoms with van der Waals surface area (Å²) < 4.78 is 1.47. The first kappa shape index (κ1) is 9.20. The number of anilines is 1. The minimum atomic E-state index is -0.561. The Morgan fingerprint density at radius 3 is 2.80 bits per heavy atom. The number of benzene rings is 1. The number of hydrogen-bond acceptors (Lipinski definition) is 4. The van der Waals surface area contributed by atoms with Crippen LogP contribution < -0.4 is 11.5 Å². The maximum atomic E-state index is 11.0. The van der Waals surface area contributed by atoms with Gasteiger partial charge in [-0.25, -0.2) is 9.67 Å². The number of rotatable bonds is 2. The zero-order valence-corrected chi connectivity index (χ0v) is 7.79. The standard InChI is InChI=1S/C9H9N5O/c10-8-6(9(11)15)2-1-3-7(8)14-5-12-4-13-14/h1-5H,10H2,(H2,11,15). The first-order valence-corrected chi connectivity index (χ1v) is 4.23. The van der Waals surface area contributed by atoms with Gasteiger partial charge in [0.15, 0.2) is 0 Å².